The lowest BCUT2D eigenvalue weighted by Gasteiger charge is -2.15. The van der Waals surface area contributed by atoms with Gasteiger partial charge in [0, 0.05) is 6.54 Å². The summed E-state index contributed by atoms with van der Waals surface area (Å²) in [6, 6.07) is 1.56. The fourth-order valence-corrected chi connectivity index (χ4v) is 1.90. The van der Waals surface area contributed by atoms with E-state index < -0.39 is 12.1 Å². The lowest BCUT2D eigenvalue weighted by Crippen LogP contribution is -2.38. The number of hydrogen-bond acceptors (Lipinski definition) is 4. The van der Waals surface area contributed by atoms with Crippen molar-refractivity contribution in [2.75, 3.05) is 6.54 Å². The average molecular weight is 271 g/mol. The van der Waals surface area contributed by atoms with Crippen LogP contribution in [0.15, 0.2) is 11.4 Å². The standard InChI is InChI=1S/C12H17NO4S/c1-7(2)6-13-11(14)8(3)17-9-4-5-18-10(9)12(15)16/h4-5,7-8H,6H2,1-3H3,(H,13,14)(H,15,16). The highest BCUT2D eigenvalue weighted by Gasteiger charge is 2.19. The molecule has 0 radical (unpaired) electrons. The minimum atomic E-state index is -1.05. The number of aromatic carboxylic acids is 1. The molecule has 1 rings (SSSR count). The monoisotopic (exact) mass is 271 g/mol. The Hall–Kier alpha value is -1.56. The summed E-state index contributed by atoms with van der Waals surface area (Å²) in [5.74, 6) is -0.697. The van der Waals surface area contributed by atoms with E-state index in [4.69, 9.17) is 9.84 Å². The van der Waals surface area contributed by atoms with Gasteiger partial charge in [0.05, 0.1) is 0 Å². The zero-order valence-corrected chi connectivity index (χ0v) is 11.4. The van der Waals surface area contributed by atoms with Crippen molar-refractivity contribution in [3.8, 4) is 5.75 Å². The van der Waals surface area contributed by atoms with E-state index in [2.05, 4.69) is 5.32 Å². The van der Waals surface area contributed by atoms with E-state index in [0.717, 1.165) is 11.3 Å². The zero-order chi connectivity index (χ0) is 13.7. The number of nitrogens with one attached hydrogen (secondary N) is 1. The van der Waals surface area contributed by atoms with Crippen LogP contribution < -0.4 is 10.1 Å². The summed E-state index contributed by atoms with van der Waals surface area (Å²) in [5, 5.41) is 13.3. The van der Waals surface area contributed by atoms with Crippen molar-refractivity contribution in [3.05, 3.63) is 16.3 Å². The van der Waals surface area contributed by atoms with Crippen LogP contribution in [0.5, 0.6) is 5.75 Å². The number of thiophene rings is 1. The minimum Gasteiger partial charge on any atom is -0.479 e. The van der Waals surface area contributed by atoms with Gasteiger partial charge >= 0.3 is 5.97 Å². The van der Waals surface area contributed by atoms with Crippen LogP contribution in [0.1, 0.15) is 30.4 Å². The normalized spacial score (nSPS) is 12.2. The first-order valence-electron chi connectivity index (χ1n) is 5.67. The van der Waals surface area contributed by atoms with Gasteiger partial charge in [0.2, 0.25) is 0 Å². The van der Waals surface area contributed by atoms with Crippen molar-refractivity contribution in [2.45, 2.75) is 26.9 Å². The van der Waals surface area contributed by atoms with E-state index in [1.54, 1.807) is 18.4 Å². The van der Waals surface area contributed by atoms with E-state index in [0.29, 0.717) is 12.5 Å². The Labute approximate surface area is 110 Å². The van der Waals surface area contributed by atoms with E-state index >= 15 is 0 Å². The van der Waals surface area contributed by atoms with Crippen molar-refractivity contribution in [3.63, 3.8) is 0 Å². The molecular formula is C12H17NO4S. The van der Waals surface area contributed by atoms with Gasteiger partial charge in [-0.1, -0.05) is 13.8 Å². The first-order chi connectivity index (χ1) is 8.41. The molecule has 1 aromatic heterocycles. The molecule has 1 atom stereocenters. The molecule has 1 unspecified atom stereocenters. The fourth-order valence-electron chi connectivity index (χ4n) is 1.24. The number of carbonyl (C=O) groups is 2. The average Bonchev–Trinajstić information content (AvgIpc) is 2.73. The topological polar surface area (TPSA) is 75.6 Å². The first-order valence-corrected chi connectivity index (χ1v) is 6.55. The quantitative estimate of drug-likeness (QED) is 0.829. The highest BCUT2D eigenvalue weighted by atomic mass is 32.1. The van der Waals surface area contributed by atoms with Gasteiger partial charge in [0.15, 0.2) is 11.0 Å². The molecule has 100 valence electrons. The summed E-state index contributed by atoms with van der Waals surface area (Å²) in [7, 11) is 0. The van der Waals surface area contributed by atoms with Crippen molar-refractivity contribution < 1.29 is 19.4 Å². The van der Waals surface area contributed by atoms with E-state index in [1.165, 1.54) is 0 Å². The predicted molar refractivity (Wildman–Crippen MR) is 69.2 cm³/mol. The molecule has 6 heteroatoms. The third-order valence-corrected chi connectivity index (χ3v) is 3.06. The maximum Gasteiger partial charge on any atom is 0.349 e. The first kappa shape index (κ1) is 14.5. The molecule has 5 nitrogen and oxygen atoms in total. The molecule has 18 heavy (non-hydrogen) atoms. The number of rotatable bonds is 6. The Morgan fingerprint density at radius 2 is 2.11 bits per heavy atom. The molecule has 0 spiro atoms. The number of hydrogen-bond donors (Lipinski definition) is 2. The second kappa shape index (κ2) is 6.39. The fraction of sp³-hybridized carbons (Fsp3) is 0.500. The summed E-state index contributed by atoms with van der Waals surface area (Å²) < 4.78 is 5.36. The summed E-state index contributed by atoms with van der Waals surface area (Å²) in [5.41, 5.74) is 0. The third kappa shape index (κ3) is 4.03. The van der Waals surface area contributed by atoms with Crippen LogP contribution in [0.3, 0.4) is 0 Å². The SMILES string of the molecule is CC(C)CNC(=O)C(C)Oc1ccsc1C(=O)O. The second-order valence-corrected chi connectivity index (χ2v) is 5.23. The van der Waals surface area contributed by atoms with Crippen LogP contribution in [0.25, 0.3) is 0 Å². The number of ether oxygens (including phenoxy) is 1. The molecular weight excluding hydrogens is 254 g/mol. The van der Waals surface area contributed by atoms with E-state index in [9.17, 15) is 9.59 Å². The van der Waals surface area contributed by atoms with Crippen LogP contribution >= 0.6 is 11.3 Å². The van der Waals surface area contributed by atoms with Gasteiger partial charge in [-0.15, -0.1) is 11.3 Å². The predicted octanol–water partition coefficient (Wildman–Crippen LogP) is 1.99. The summed E-state index contributed by atoms with van der Waals surface area (Å²) in [6.07, 6.45) is -0.712. The summed E-state index contributed by atoms with van der Waals surface area (Å²) in [6.45, 7) is 6.15. The Balaban J connectivity index is 2.58. The van der Waals surface area contributed by atoms with Gasteiger partial charge < -0.3 is 15.2 Å². The largest absolute Gasteiger partial charge is 0.479 e. The van der Waals surface area contributed by atoms with Gasteiger partial charge in [0.1, 0.15) is 5.75 Å². The molecule has 0 saturated heterocycles. The van der Waals surface area contributed by atoms with E-state index in [-0.39, 0.29) is 16.5 Å². The zero-order valence-electron chi connectivity index (χ0n) is 10.6. The molecule has 2 N–H and O–H groups in total. The molecule has 0 bridgehead atoms. The molecule has 0 aliphatic rings. The number of amides is 1. The van der Waals surface area contributed by atoms with Crippen LogP contribution in [-0.2, 0) is 4.79 Å². The van der Waals surface area contributed by atoms with Crippen molar-refractivity contribution >= 4 is 23.2 Å². The minimum absolute atomic E-state index is 0.110. The maximum absolute atomic E-state index is 11.7. The Morgan fingerprint density at radius 3 is 2.67 bits per heavy atom. The van der Waals surface area contributed by atoms with Gasteiger partial charge in [0.25, 0.3) is 5.91 Å². The Bertz CT molecular complexity index is 427. The molecule has 0 aliphatic heterocycles. The lowest BCUT2D eigenvalue weighted by atomic mass is 10.2. The number of carbonyl (C=O) groups excluding carboxylic acids is 1. The molecule has 0 aromatic carbocycles. The van der Waals surface area contributed by atoms with Crippen molar-refractivity contribution in [1.29, 1.82) is 0 Å². The number of carboxylic acids is 1. The van der Waals surface area contributed by atoms with E-state index in [1.807, 2.05) is 13.8 Å². The molecule has 1 heterocycles. The smallest absolute Gasteiger partial charge is 0.349 e. The second-order valence-electron chi connectivity index (χ2n) is 4.32. The third-order valence-electron chi connectivity index (χ3n) is 2.18. The summed E-state index contributed by atoms with van der Waals surface area (Å²) >= 11 is 1.07. The van der Waals surface area contributed by atoms with Crippen molar-refractivity contribution in [2.24, 2.45) is 5.92 Å². The summed E-state index contributed by atoms with van der Waals surface area (Å²) in [4.78, 5) is 22.7. The molecule has 1 amide bonds. The van der Waals surface area contributed by atoms with Crippen LogP contribution in [-0.4, -0.2) is 29.6 Å². The number of carboxylic acid groups (broad SMARTS) is 1. The van der Waals surface area contributed by atoms with Gasteiger partial charge in [-0.3, -0.25) is 4.79 Å². The van der Waals surface area contributed by atoms with Gasteiger partial charge in [-0.2, -0.15) is 0 Å². The molecule has 0 fully saturated rings. The highest BCUT2D eigenvalue weighted by molar-refractivity contribution is 7.12. The lowest BCUT2D eigenvalue weighted by molar-refractivity contribution is -0.127. The molecule has 0 saturated carbocycles. The van der Waals surface area contributed by atoms with Crippen LogP contribution in [0.4, 0.5) is 0 Å². The Kier molecular flexibility index (Phi) is 5.15. The molecule has 0 aliphatic carbocycles. The van der Waals surface area contributed by atoms with Crippen LogP contribution in [0, 0.1) is 5.92 Å². The van der Waals surface area contributed by atoms with Crippen LogP contribution in [0.2, 0.25) is 0 Å². The van der Waals surface area contributed by atoms with Gasteiger partial charge in [-0.05, 0) is 24.3 Å². The Morgan fingerprint density at radius 1 is 1.44 bits per heavy atom. The maximum atomic E-state index is 11.7. The van der Waals surface area contributed by atoms with Crippen molar-refractivity contribution in [1.82, 2.24) is 5.32 Å². The van der Waals surface area contributed by atoms with Gasteiger partial charge in [-0.25, -0.2) is 4.79 Å². The molecule has 1 aromatic rings. The highest BCUT2D eigenvalue weighted by Crippen LogP contribution is 2.25.